The molecule has 1 unspecified atom stereocenters. The molecule has 2 N–H and O–H groups in total. The summed E-state index contributed by atoms with van der Waals surface area (Å²) >= 11 is 0. The quantitative estimate of drug-likeness (QED) is 0.457. The first kappa shape index (κ1) is 23.7. The Morgan fingerprint density at radius 3 is 2.54 bits per heavy atom. The van der Waals surface area contributed by atoms with Crippen LogP contribution in [0.2, 0.25) is 0 Å². The monoisotopic (exact) mass is 466 g/mol. The Hall–Kier alpha value is -4.50. The maximum absolute atomic E-state index is 12.9. The number of nitrogens with two attached hydrogens (primary N) is 1. The number of nitriles is 1. The molecule has 3 aromatic carbocycles. The summed E-state index contributed by atoms with van der Waals surface area (Å²) in [6.45, 7) is 4.03. The van der Waals surface area contributed by atoms with Gasteiger partial charge in [0.25, 0.3) is 0 Å². The molecular formula is C29H26N2O4. The lowest BCUT2D eigenvalue weighted by Gasteiger charge is -2.28. The number of hydrogen-bond donors (Lipinski definition) is 1. The molecule has 35 heavy (non-hydrogen) atoms. The molecule has 0 spiro atoms. The third kappa shape index (κ3) is 5.04. The Balaban J connectivity index is 1.76. The molecule has 4 rings (SSSR count). The van der Waals surface area contributed by atoms with Gasteiger partial charge in [0, 0.05) is 0 Å². The number of nitrogens with zero attached hydrogens (tertiary/aromatic N) is 1. The third-order valence-corrected chi connectivity index (χ3v) is 5.77. The van der Waals surface area contributed by atoms with Crippen molar-refractivity contribution in [2.75, 3.05) is 6.61 Å². The van der Waals surface area contributed by atoms with Gasteiger partial charge in [-0.1, -0.05) is 66.7 Å². The topological polar surface area (TPSA) is 94.6 Å². The van der Waals surface area contributed by atoms with Crippen LogP contribution in [0.5, 0.6) is 5.75 Å². The second-order valence-corrected chi connectivity index (χ2v) is 8.00. The van der Waals surface area contributed by atoms with Crippen molar-refractivity contribution < 1.29 is 19.0 Å². The summed E-state index contributed by atoms with van der Waals surface area (Å²) in [7, 11) is 0. The molecular weight excluding hydrogens is 440 g/mol. The van der Waals surface area contributed by atoms with Crippen LogP contribution in [0.4, 0.5) is 0 Å². The Labute approximate surface area is 204 Å². The first-order valence-corrected chi connectivity index (χ1v) is 11.3. The Morgan fingerprint density at radius 2 is 1.80 bits per heavy atom. The van der Waals surface area contributed by atoms with E-state index in [1.165, 1.54) is 0 Å². The maximum Gasteiger partial charge on any atom is 0.338 e. The minimum atomic E-state index is -0.724. The summed E-state index contributed by atoms with van der Waals surface area (Å²) < 4.78 is 16.9. The lowest BCUT2D eigenvalue weighted by atomic mass is 9.79. The molecule has 0 fully saturated rings. The number of ether oxygens (including phenoxy) is 3. The smallest absolute Gasteiger partial charge is 0.338 e. The van der Waals surface area contributed by atoms with Gasteiger partial charge in [-0.25, -0.2) is 4.79 Å². The largest absolute Gasteiger partial charge is 0.489 e. The summed E-state index contributed by atoms with van der Waals surface area (Å²) in [5.74, 6) is -0.249. The van der Waals surface area contributed by atoms with Crippen molar-refractivity contribution in [1.82, 2.24) is 0 Å². The first-order chi connectivity index (χ1) is 17.0. The number of esters is 1. The van der Waals surface area contributed by atoms with Crippen molar-refractivity contribution in [3.8, 4) is 22.9 Å². The molecule has 0 saturated heterocycles. The molecule has 1 aliphatic heterocycles. The fraction of sp³-hybridized carbons (Fsp3) is 0.172. The fourth-order valence-corrected chi connectivity index (χ4v) is 4.17. The number of carbonyl (C=O) groups is 1. The highest BCUT2D eigenvalue weighted by Crippen LogP contribution is 2.43. The van der Waals surface area contributed by atoms with Gasteiger partial charge in [0.05, 0.1) is 18.1 Å². The second kappa shape index (κ2) is 10.6. The normalized spacial score (nSPS) is 15.3. The van der Waals surface area contributed by atoms with E-state index in [9.17, 15) is 10.1 Å². The van der Waals surface area contributed by atoms with E-state index in [0.29, 0.717) is 18.1 Å². The maximum atomic E-state index is 12.9. The molecule has 0 aliphatic carbocycles. The lowest BCUT2D eigenvalue weighted by Crippen LogP contribution is -2.25. The fourth-order valence-electron chi connectivity index (χ4n) is 4.17. The average molecular weight is 467 g/mol. The molecule has 1 atom stereocenters. The van der Waals surface area contributed by atoms with Crippen molar-refractivity contribution in [1.29, 1.82) is 5.26 Å². The number of rotatable bonds is 7. The summed E-state index contributed by atoms with van der Waals surface area (Å²) in [6.07, 6.45) is 0. The van der Waals surface area contributed by atoms with E-state index >= 15 is 0 Å². The van der Waals surface area contributed by atoms with Gasteiger partial charge in [-0.15, -0.1) is 0 Å². The van der Waals surface area contributed by atoms with Crippen molar-refractivity contribution in [3.05, 3.63) is 113 Å². The van der Waals surface area contributed by atoms with Crippen LogP contribution in [0.25, 0.3) is 11.1 Å². The summed E-state index contributed by atoms with van der Waals surface area (Å²) in [4.78, 5) is 12.9. The Morgan fingerprint density at radius 1 is 1.06 bits per heavy atom. The number of allylic oxidation sites excluding steroid dienone is 2. The van der Waals surface area contributed by atoms with E-state index in [1.807, 2.05) is 78.9 Å². The highest BCUT2D eigenvalue weighted by Gasteiger charge is 2.37. The predicted octanol–water partition coefficient (Wildman–Crippen LogP) is 5.58. The van der Waals surface area contributed by atoms with Crippen LogP contribution in [0.15, 0.2) is 102 Å². The van der Waals surface area contributed by atoms with Gasteiger partial charge in [0.15, 0.2) is 0 Å². The highest BCUT2D eigenvalue weighted by molar-refractivity contribution is 5.93. The van der Waals surface area contributed by atoms with Crippen LogP contribution in [0.3, 0.4) is 0 Å². The molecule has 1 heterocycles. The third-order valence-electron chi connectivity index (χ3n) is 5.77. The molecule has 0 bridgehead atoms. The van der Waals surface area contributed by atoms with Crippen LogP contribution in [0.1, 0.15) is 30.9 Å². The van der Waals surface area contributed by atoms with Crippen LogP contribution >= 0.6 is 0 Å². The summed E-state index contributed by atoms with van der Waals surface area (Å²) in [5, 5.41) is 9.93. The van der Waals surface area contributed by atoms with E-state index in [-0.39, 0.29) is 23.6 Å². The Bertz CT molecular complexity index is 1340. The van der Waals surface area contributed by atoms with E-state index in [1.54, 1.807) is 13.8 Å². The van der Waals surface area contributed by atoms with Gasteiger partial charge >= 0.3 is 5.97 Å². The van der Waals surface area contributed by atoms with Crippen molar-refractivity contribution in [2.45, 2.75) is 26.4 Å². The van der Waals surface area contributed by atoms with Crippen LogP contribution in [0, 0.1) is 11.3 Å². The zero-order chi connectivity index (χ0) is 24.8. The SMILES string of the molecule is CCOC(=O)C1=C(C)OC(N)=C(C#N)C1c1ccccc1-c1cccc(OCc2ccccc2)c1. The minimum absolute atomic E-state index is 0.0159. The zero-order valence-electron chi connectivity index (χ0n) is 19.7. The molecule has 6 heteroatoms. The standard InChI is InChI=1S/C29H26N2O4/c1-3-33-29(32)26-19(2)35-28(31)25(17-30)27(26)24-15-8-7-14-23(24)21-12-9-13-22(16-21)34-18-20-10-5-4-6-11-20/h4-16,27H,3,18,31H2,1-2H3. The van der Waals surface area contributed by atoms with Crippen molar-refractivity contribution >= 4 is 5.97 Å². The highest BCUT2D eigenvalue weighted by atomic mass is 16.5. The molecule has 3 aromatic rings. The first-order valence-electron chi connectivity index (χ1n) is 11.3. The molecule has 0 aromatic heterocycles. The van der Waals surface area contributed by atoms with Crippen LogP contribution in [-0.4, -0.2) is 12.6 Å². The van der Waals surface area contributed by atoms with Crippen molar-refractivity contribution in [3.63, 3.8) is 0 Å². The number of hydrogen-bond acceptors (Lipinski definition) is 6. The van der Waals surface area contributed by atoms with E-state index in [0.717, 1.165) is 22.3 Å². The van der Waals surface area contributed by atoms with Crippen LogP contribution in [-0.2, 0) is 20.9 Å². The second-order valence-electron chi connectivity index (χ2n) is 8.00. The van der Waals surface area contributed by atoms with E-state index in [2.05, 4.69) is 6.07 Å². The molecule has 0 saturated carbocycles. The summed E-state index contributed by atoms with van der Waals surface area (Å²) in [5.41, 5.74) is 10.1. The summed E-state index contributed by atoms with van der Waals surface area (Å²) in [6, 6.07) is 27.4. The van der Waals surface area contributed by atoms with Gasteiger partial charge in [0.2, 0.25) is 5.88 Å². The molecule has 0 amide bonds. The van der Waals surface area contributed by atoms with Gasteiger partial charge in [-0.3, -0.25) is 0 Å². The van der Waals surface area contributed by atoms with E-state index < -0.39 is 11.9 Å². The Kier molecular flexibility index (Phi) is 7.18. The van der Waals surface area contributed by atoms with Gasteiger partial charge in [-0.2, -0.15) is 5.26 Å². The predicted molar refractivity (Wildman–Crippen MR) is 133 cm³/mol. The average Bonchev–Trinajstić information content (AvgIpc) is 2.88. The molecule has 6 nitrogen and oxygen atoms in total. The minimum Gasteiger partial charge on any atom is -0.489 e. The van der Waals surface area contributed by atoms with Gasteiger partial charge < -0.3 is 19.9 Å². The van der Waals surface area contributed by atoms with Gasteiger partial charge in [-0.05, 0) is 48.2 Å². The van der Waals surface area contributed by atoms with Gasteiger partial charge in [0.1, 0.15) is 29.8 Å². The lowest BCUT2D eigenvalue weighted by molar-refractivity contribution is -0.139. The zero-order valence-corrected chi connectivity index (χ0v) is 19.7. The number of benzene rings is 3. The van der Waals surface area contributed by atoms with Crippen LogP contribution < -0.4 is 10.5 Å². The van der Waals surface area contributed by atoms with Crippen molar-refractivity contribution in [2.24, 2.45) is 5.73 Å². The molecule has 1 aliphatic rings. The van der Waals surface area contributed by atoms with E-state index in [4.69, 9.17) is 19.9 Å². The molecule has 176 valence electrons. The number of carbonyl (C=O) groups excluding carboxylic acids is 1. The molecule has 0 radical (unpaired) electrons.